The highest BCUT2D eigenvalue weighted by Gasteiger charge is 2.22. The molecule has 0 saturated carbocycles. The van der Waals surface area contributed by atoms with Crippen LogP contribution in [0.25, 0.3) is 0 Å². The van der Waals surface area contributed by atoms with Crippen molar-refractivity contribution in [3.8, 4) is 5.75 Å². The van der Waals surface area contributed by atoms with Crippen molar-refractivity contribution >= 4 is 41.3 Å². The van der Waals surface area contributed by atoms with Crippen LogP contribution >= 0.6 is 35.3 Å². The van der Waals surface area contributed by atoms with Crippen molar-refractivity contribution in [2.45, 2.75) is 39.4 Å². The fourth-order valence-electron chi connectivity index (χ4n) is 3.30. The molecule has 0 amide bonds. The van der Waals surface area contributed by atoms with E-state index in [2.05, 4.69) is 46.0 Å². The van der Waals surface area contributed by atoms with Gasteiger partial charge in [0.2, 0.25) is 0 Å². The van der Waals surface area contributed by atoms with E-state index in [0.29, 0.717) is 13.2 Å². The molecular formula is C21H27IN6OS. The van der Waals surface area contributed by atoms with Gasteiger partial charge in [-0.3, -0.25) is 0 Å². The van der Waals surface area contributed by atoms with Gasteiger partial charge in [-0.2, -0.15) is 0 Å². The van der Waals surface area contributed by atoms with Crippen LogP contribution in [0.3, 0.4) is 0 Å². The second-order valence-electron chi connectivity index (χ2n) is 7.13. The first-order valence-corrected chi connectivity index (χ1v) is 10.6. The van der Waals surface area contributed by atoms with Crippen molar-refractivity contribution in [2.24, 2.45) is 12.0 Å². The maximum Gasteiger partial charge on any atom is 0.192 e. The van der Waals surface area contributed by atoms with Crippen LogP contribution in [-0.4, -0.2) is 27.3 Å². The number of aryl methyl sites for hydroxylation is 2. The number of fused-ring (bicyclic) bond motifs is 1. The largest absolute Gasteiger partial charge is 0.493 e. The first-order valence-electron chi connectivity index (χ1n) is 9.77. The molecule has 7 nitrogen and oxygen atoms in total. The van der Waals surface area contributed by atoms with Crippen LogP contribution in [0.5, 0.6) is 5.75 Å². The van der Waals surface area contributed by atoms with Gasteiger partial charge in [-0.05, 0) is 32.0 Å². The average molecular weight is 538 g/mol. The van der Waals surface area contributed by atoms with E-state index in [1.807, 2.05) is 36.7 Å². The standard InChI is InChI=1S/C21H26N6OS.HI/c1-14-8-9-16(29-14)12-22-21(23-13-20-26-25-15(2)27(20)3)24-18-10-11-28-19-7-5-4-6-17(18)19;/h4-9,18H,10-13H2,1-3H3,(H2,22,23,24);1H. The Morgan fingerprint density at radius 2 is 2.07 bits per heavy atom. The van der Waals surface area contributed by atoms with Gasteiger partial charge in [-0.1, -0.05) is 18.2 Å². The van der Waals surface area contributed by atoms with Crippen molar-refractivity contribution in [3.63, 3.8) is 0 Å². The highest BCUT2D eigenvalue weighted by atomic mass is 127. The molecule has 1 aromatic carbocycles. The molecule has 0 radical (unpaired) electrons. The minimum atomic E-state index is 0. The molecule has 1 aliphatic rings. The Morgan fingerprint density at radius 1 is 1.23 bits per heavy atom. The predicted molar refractivity (Wildman–Crippen MR) is 131 cm³/mol. The third kappa shape index (κ3) is 5.31. The second kappa shape index (κ2) is 10.3. The molecule has 160 valence electrons. The number of hydrogen-bond donors (Lipinski definition) is 2. The van der Waals surface area contributed by atoms with Crippen molar-refractivity contribution in [1.29, 1.82) is 0 Å². The Kier molecular flexibility index (Phi) is 7.70. The molecule has 0 saturated heterocycles. The Hall–Kier alpha value is -2.14. The van der Waals surface area contributed by atoms with E-state index in [4.69, 9.17) is 9.73 Å². The quantitative estimate of drug-likeness (QED) is 0.293. The number of aromatic nitrogens is 3. The maximum atomic E-state index is 5.79. The average Bonchev–Trinajstić information content (AvgIpc) is 3.29. The molecule has 3 heterocycles. The van der Waals surface area contributed by atoms with Gasteiger partial charge in [0.25, 0.3) is 0 Å². The number of guanidine groups is 1. The summed E-state index contributed by atoms with van der Waals surface area (Å²) >= 11 is 1.79. The van der Waals surface area contributed by atoms with Crippen molar-refractivity contribution in [2.75, 3.05) is 6.61 Å². The van der Waals surface area contributed by atoms with Crippen LogP contribution in [0.4, 0.5) is 0 Å². The van der Waals surface area contributed by atoms with Gasteiger partial charge >= 0.3 is 0 Å². The van der Waals surface area contributed by atoms with Gasteiger partial charge in [0, 0.05) is 28.8 Å². The first kappa shape index (κ1) is 22.5. The van der Waals surface area contributed by atoms with E-state index in [-0.39, 0.29) is 30.0 Å². The monoisotopic (exact) mass is 538 g/mol. The van der Waals surface area contributed by atoms with Crippen LogP contribution in [0.15, 0.2) is 41.4 Å². The van der Waals surface area contributed by atoms with Crippen molar-refractivity contribution in [1.82, 2.24) is 25.4 Å². The van der Waals surface area contributed by atoms with Gasteiger partial charge < -0.3 is 19.9 Å². The molecule has 1 aliphatic heterocycles. The minimum Gasteiger partial charge on any atom is -0.493 e. The molecule has 1 unspecified atom stereocenters. The lowest BCUT2D eigenvalue weighted by atomic mass is 10.0. The fraction of sp³-hybridized carbons (Fsp3) is 0.381. The molecule has 9 heteroatoms. The number of nitrogens with one attached hydrogen (secondary N) is 2. The molecule has 0 fully saturated rings. The number of aliphatic imine (C=N–C) groups is 1. The lowest BCUT2D eigenvalue weighted by molar-refractivity contribution is 0.261. The Morgan fingerprint density at radius 3 is 2.80 bits per heavy atom. The lowest BCUT2D eigenvalue weighted by Crippen LogP contribution is -2.40. The number of nitrogens with zero attached hydrogens (tertiary/aromatic N) is 4. The van der Waals surface area contributed by atoms with Gasteiger partial charge in [0.05, 0.1) is 19.2 Å². The zero-order valence-corrected chi connectivity index (χ0v) is 20.5. The van der Waals surface area contributed by atoms with Crippen molar-refractivity contribution in [3.05, 3.63) is 63.4 Å². The van der Waals surface area contributed by atoms with Gasteiger partial charge in [0.1, 0.15) is 18.1 Å². The number of hydrogen-bond acceptors (Lipinski definition) is 5. The molecule has 0 bridgehead atoms. The predicted octanol–water partition coefficient (Wildman–Crippen LogP) is 3.87. The van der Waals surface area contributed by atoms with E-state index in [0.717, 1.165) is 41.9 Å². The fourth-order valence-corrected chi connectivity index (χ4v) is 4.13. The summed E-state index contributed by atoms with van der Waals surface area (Å²) in [4.78, 5) is 7.38. The van der Waals surface area contributed by atoms with Gasteiger partial charge in [-0.25, -0.2) is 4.99 Å². The zero-order chi connectivity index (χ0) is 20.2. The molecule has 0 aliphatic carbocycles. The normalized spacial score (nSPS) is 15.7. The second-order valence-corrected chi connectivity index (χ2v) is 8.50. The van der Waals surface area contributed by atoms with Crippen LogP contribution in [0, 0.1) is 13.8 Å². The molecule has 4 rings (SSSR count). The van der Waals surface area contributed by atoms with Crippen LogP contribution < -0.4 is 15.4 Å². The third-order valence-corrected chi connectivity index (χ3v) is 6.06. The third-order valence-electron chi connectivity index (χ3n) is 5.06. The number of rotatable bonds is 5. The summed E-state index contributed by atoms with van der Waals surface area (Å²) in [5, 5.41) is 15.4. The van der Waals surface area contributed by atoms with Crippen LogP contribution in [-0.2, 0) is 20.1 Å². The van der Waals surface area contributed by atoms with E-state index in [1.165, 1.54) is 9.75 Å². The molecule has 30 heavy (non-hydrogen) atoms. The molecule has 3 aromatic rings. The SMILES string of the molecule is Cc1ccc(CNC(=NCc2nnc(C)n2C)NC2CCOc3ccccc32)s1.I. The number of para-hydroxylation sites is 1. The molecule has 2 N–H and O–H groups in total. The topological polar surface area (TPSA) is 76.4 Å². The highest BCUT2D eigenvalue weighted by molar-refractivity contribution is 14.0. The van der Waals surface area contributed by atoms with Crippen LogP contribution in [0.1, 0.15) is 39.4 Å². The van der Waals surface area contributed by atoms with Crippen molar-refractivity contribution < 1.29 is 4.74 Å². The summed E-state index contributed by atoms with van der Waals surface area (Å²) in [6.45, 7) is 5.94. The minimum absolute atomic E-state index is 0. The summed E-state index contributed by atoms with van der Waals surface area (Å²) in [6.07, 6.45) is 0.888. The molecule has 2 aromatic heterocycles. The summed E-state index contributed by atoms with van der Waals surface area (Å²) in [6, 6.07) is 12.6. The Labute approximate surface area is 198 Å². The number of thiophene rings is 1. The van der Waals surface area contributed by atoms with Crippen LogP contribution in [0.2, 0.25) is 0 Å². The summed E-state index contributed by atoms with van der Waals surface area (Å²) in [5.41, 5.74) is 1.16. The van der Waals surface area contributed by atoms with E-state index < -0.39 is 0 Å². The summed E-state index contributed by atoms with van der Waals surface area (Å²) in [7, 11) is 1.96. The molecular weight excluding hydrogens is 511 g/mol. The van der Waals surface area contributed by atoms with Gasteiger partial charge in [0.15, 0.2) is 11.8 Å². The highest BCUT2D eigenvalue weighted by Crippen LogP contribution is 2.31. The smallest absolute Gasteiger partial charge is 0.192 e. The van der Waals surface area contributed by atoms with E-state index in [9.17, 15) is 0 Å². The number of ether oxygens (including phenoxy) is 1. The lowest BCUT2D eigenvalue weighted by Gasteiger charge is -2.28. The number of benzene rings is 1. The summed E-state index contributed by atoms with van der Waals surface area (Å²) < 4.78 is 7.76. The Bertz CT molecular complexity index is 1010. The summed E-state index contributed by atoms with van der Waals surface area (Å²) in [5.74, 6) is 3.42. The van der Waals surface area contributed by atoms with E-state index >= 15 is 0 Å². The molecule has 1 atom stereocenters. The number of halogens is 1. The first-order chi connectivity index (χ1) is 14.1. The maximum absolute atomic E-state index is 5.79. The Balaban J connectivity index is 0.00000256. The van der Waals surface area contributed by atoms with E-state index in [1.54, 1.807) is 11.3 Å². The van der Waals surface area contributed by atoms with Gasteiger partial charge in [-0.15, -0.1) is 45.5 Å². The zero-order valence-electron chi connectivity index (χ0n) is 17.4. The molecule has 0 spiro atoms.